The molecular weight excluding hydrogens is 324 g/mol. The van der Waals surface area contributed by atoms with Crippen molar-refractivity contribution in [2.75, 3.05) is 19.6 Å². The standard InChI is InChI=1S/C22H32N2O2/c1-16-7-9-18(10-8-16)22(26)19-11-13-24(14-12-19)15-21(25)23-20-6-4-3-5-17(20)2/h7-10,17,19-20H,3-6,11-15H2,1-2H3,(H,23,25)/t17-,20-/m0/s1. The Hall–Kier alpha value is -1.68. The number of amides is 1. The molecule has 1 saturated carbocycles. The van der Waals surface area contributed by atoms with Crippen LogP contribution in [0.5, 0.6) is 0 Å². The first-order valence-corrected chi connectivity index (χ1v) is 10.2. The van der Waals surface area contributed by atoms with E-state index in [0.29, 0.717) is 18.5 Å². The Morgan fingerprint density at radius 2 is 1.69 bits per heavy atom. The molecule has 4 nitrogen and oxygen atoms in total. The molecule has 3 rings (SSSR count). The number of benzene rings is 1. The van der Waals surface area contributed by atoms with Gasteiger partial charge in [-0.25, -0.2) is 0 Å². The van der Waals surface area contributed by atoms with E-state index in [0.717, 1.165) is 37.9 Å². The highest BCUT2D eigenvalue weighted by Crippen LogP contribution is 2.24. The maximum Gasteiger partial charge on any atom is 0.234 e. The van der Waals surface area contributed by atoms with Crippen LogP contribution in [0, 0.1) is 18.8 Å². The van der Waals surface area contributed by atoms with Crippen LogP contribution >= 0.6 is 0 Å². The summed E-state index contributed by atoms with van der Waals surface area (Å²) < 4.78 is 0. The molecule has 1 saturated heterocycles. The Bertz CT molecular complexity index is 618. The first-order valence-electron chi connectivity index (χ1n) is 10.2. The van der Waals surface area contributed by atoms with Crippen LogP contribution in [0.25, 0.3) is 0 Å². The van der Waals surface area contributed by atoms with Gasteiger partial charge in [-0.2, -0.15) is 0 Å². The molecule has 1 aliphatic heterocycles. The van der Waals surface area contributed by atoms with E-state index in [1.54, 1.807) is 0 Å². The second-order valence-corrected chi connectivity index (χ2v) is 8.22. The van der Waals surface area contributed by atoms with Gasteiger partial charge in [0.15, 0.2) is 5.78 Å². The molecule has 2 fully saturated rings. The number of aryl methyl sites for hydroxylation is 1. The van der Waals surface area contributed by atoms with Crippen molar-refractivity contribution in [3.63, 3.8) is 0 Å². The predicted octanol–water partition coefficient (Wildman–Crippen LogP) is 3.58. The number of hydrogen-bond donors (Lipinski definition) is 1. The third kappa shape index (κ3) is 4.94. The van der Waals surface area contributed by atoms with Crippen molar-refractivity contribution in [2.24, 2.45) is 11.8 Å². The molecule has 0 spiro atoms. The van der Waals surface area contributed by atoms with Gasteiger partial charge < -0.3 is 5.32 Å². The van der Waals surface area contributed by atoms with Crippen molar-refractivity contribution >= 4 is 11.7 Å². The number of carbonyl (C=O) groups excluding carboxylic acids is 2. The van der Waals surface area contributed by atoms with E-state index in [9.17, 15) is 9.59 Å². The summed E-state index contributed by atoms with van der Waals surface area (Å²) in [6, 6.07) is 8.21. The molecule has 4 heteroatoms. The summed E-state index contributed by atoms with van der Waals surface area (Å²) in [7, 11) is 0. The van der Waals surface area contributed by atoms with Crippen LogP contribution < -0.4 is 5.32 Å². The van der Waals surface area contributed by atoms with Crippen molar-refractivity contribution in [1.29, 1.82) is 0 Å². The van der Waals surface area contributed by atoms with Gasteiger partial charge in [-0.1, -0.05) is 49.6 Å². The minimum absolute atomic E-state index is 0.0929. The smallest absolute Gasteiger partial charge is 0.234 e. The van der Waals surface area contributed by atoms with Gasteiger partial charge in [0, 0.05) is 17.5 Å². The molecule has 0 radical (unpaired) electrons. The molecule has 0 aromatic heterocycles. The molecule has 0 unspecified atom stereocenters. The van der Waals surface area contributed by atoms with Gasteiger partial charge >= 0.3 is 0 Å². The van der Waals surface area contributed by atoms with E-state index in [4.69, 9.17) is 0 Å². The van der Waals surface area contributed by atoms with Crippen LogP contribution in [0.15, 0.2) is 24.3 Å². The zero-order valence-corrected chi connectivity index (χ0v) is 16.2. The molecule has 1 amide bonds. The average Bonchev–Trinajstić information content (AvgIpc) is 2.64. The topological polar surface area (TPSA) is 49.4 Å². The number of nitrogens with zero attached hydrogens (tertiary/aromatic N) is 1. The summed E-state index contributed by atoms with van der Waals surface area (Å²) in [4.78, 5) is 27.2. The van der Waals surface area contributed by atoms with Crippen LogP contribution in [0.4, 0.5) is 0 Å². The summed E-state index contributed by atoms with van der Waals surface area (Å²) in [5.74, 6) is 1.08. The SMILES string of the molecule is Cc1ccc(C(=O)C2CCN(CC(=O)N[C@H]3CCCC[C@@H]3C)CC2)cc1. The maximum absolute atomic E-state index is 12.6. The highest BCUT2D eigenvalue weighted by Gasteiger charge is 2.28. The molecule has 2 atom stereocenters. The summed E-state index contributed by atoms with van der Waals surface area (Å²) >= 11 is 0. The van der Waals surface area contributed by atoms with E-state index in [-0.39, 0.29) is 17.6 Å². The summed E-state index contributed by atoms with van der Waals surface area (Å²) in [5, 5.41) is 3.23. The summed E-state index contributed by atoms with van der Waals surface area (Å²) in [6.07, 6.45) is 6.54. The molecule has 1 N–H and O–H groups in total. The van der Waals surface area contributed by atoms with Crippen molar-refractivity contribution in [2.45, 2.75) is 58.4 Å². The van der Waals surface area contributed by atoms with Gasteiger partial charge in [-0.15, -0.1) is 0 Å². The predicted molar refractivity (Wildman–Crippen MR) is 104 cm³/mol. The van der Waals surface area contributed by atoms with Crippen molar-refractivity contribution < 1.29 is 9.59 Å². The van der Waals surface area contributed by atoms with Crippen LogP contribution in [-0.4, -0.2) is 42.3 Å². The number of rotatable bonds is 5. The lowest BCUT2D eigenvalue weighted by molar-refractivity contribution is -0.123. The monoisotopic (exact) mass is 356 g/mol. The lowest BCUT2D eigenvalue weighted by Gasteiger charge is -2.33. The fourth-order valence-corrected chi connectivity index (χ4v) is 4.29. The Labute approximate surface area is 157 Å². The van der Waals surface area contributed by atoms with Gasteiger partial charge in [0.05, 0.1) is 6.54 Å². The first-order chi connectivity index (χ1) is 12.5. The second kappa shape index (κ2) is 8.81. The number of hydrogen-bond acceptors (Lipinski definition) is 3. The highest BCUT2D eigenvalue weighted by atomic mass is 16.2. The molecule has 2 aliphatic rings. The van der Waals surface area contributed by atoms with Crippen LogP contribution in [-0.2, 0) is 4.79 Å². The van der Waals surface area contributed by atoms with Gasteiger partial charge in [-0.3, -0.25) is 14.5 Å². The number of ketones is 1. The Kier molecular flexibility index (Phi) is 6.47. The Morgan fingerprint density at radius 3 is 2.35 bits per heavy atom. The van der Waals surface area contributed by atoms with Crippen LogP contribution in [0.2, 0.25) is 0 Å². The number of piperidine rings is 1. The molecule has 1 aliphatic carbocycles. The summed E-state index contributed by atoms with van der Waals surface area (Å²) in [5.41, 5.74) is 1.99. The number of likely N-dealkylation sites (tertiary alicyclic amines) is 1. The van der Waals surface area contributed by atoms with E-state index in [1.165, 1.54) is 24.8 Å². The zero-order valence-electron chi connectivity index (χ0n) is 16.2. The largest absolute Gasteiger partial charge is 0.352 e. The van der Waals surface area contributed by atoms with Gasteiger partial charge in [0.2, 0.25) is 5.91 Å². The average molecular weight is 357 g/mol. The zero-order chi connectivity index (χ0) is 18.5. The third-order valence-corrected chi connectivity index (χ3v) is 6.12. The number of nitrogens with one attached hydrogen (secondary N) is 1. The second-order valence-electron chi connectivity index (χ2n) is 8.22. The molecule has 0 bridgehead atoms. The van der Waals surface area contributed by atoms with Gasteiger partial charge in [-0.05, 0) is 51.6 Å². The number of Topliss-reactive ketones (excluding diaryl/α,β-unsaturated/α-hetero) is 1. The van der Waals surface area contributed by atoms with Gasteiger partial charge in [0.1, 0.15) is 0 Å². The van der Waals surface area contributed by atoms with E-state index >= 15 is 0 Å². The minimum atomic E-state index is 0.0929. The minimum Gasteiger partial charge on any atom is -0.352 e. The Morgan fingerprint density at radius 1 is 1.04 bits per heavy atom. The van der Waals surface area contributed by atoms with Crippen LogP contribution in [0.1, 0.15) is 61.4 Å². The quantitative estimate of drug-likeness (QED) is 0.820. The highest BCUT2D eigenvalue weighted by molar-refractivity contribution is 5.97. The fourth-order valence-electron chi connectivity index (χ4n) is 4.29. The van der Waals surface area contributed by atoms with Crippen molar-refractivity contribution in [3.8, 4) is 0 Å². The molecule has 1 aromatic carbocycles. The van der Waals surface area contributed by atoms with Crippen molar-refractivity contribution in [1.82, 2.24) is 10.2 Å². The van der Waals surface area contributed by atoms with Crippen molar-refractivity contribution in [3.05, 3.63) is 35.4 Å². The Balaban J connectivity index is 1.44. The molecule has 1 heterocycles. The van der Waals surface area contributed by atoms with Gasteiger partial charge in [0.25, 0.3) is 0 Å². The third-order valence-electron chi connectivity index (χ3n) is 6.12. The maximum atomic E-state index is 12.6. The van der Waals surface area contributed by atoms with E-state index in [2.05, 4.69) is 17.1 Å². The molecule has 142 valence electrons. The molecule has 26 heavy (non-hydrogen) atoms. The summed E-state index contributed by atoms with van der Waals surface area (Å²) in [6.45, 7) is 6.40. The number of carbonyl (C=O) groups is 2. The van der Waals surface area contributed by atoms with E-state index in [1.807, 2.05) is 31.2 Å². The lowest BCUT2D eigenvalue weighted by atomic mass is 9.86. The molecule has 1 aromatic rings. The van der Waals surface area contributed by atoms with E-state index < -0.39 is 0 Å². The van der Waals surface area contributed by atoms with Crippen LogP contribution in [0.3, 0.4) is 0 Å². The fraction of sp³-hybridized carbons (Fsp3) is 0.636. The first kappa shape index (κ1) is 19.1. The lowest BCUT2D eigenvalue weighted by Crippen LogP contribution is -2.47. The molecular formula is C22H32N2O2. The normalized spacial score (nSPS) is 25.0.